The number of rotatable bonds is 6. The predicted octanol–water partition coefficient (Wildman–Crippen LogP) is 4.71. The summed E-state index contributed by atoms with van der Waals surface area (Å²) in [6.07, 6.45) is 7.13. The maximum atomic E-state index is 3.88. The summed E-state index contributed by atoms with van der Waals surface area (Å²) < 4.78 is 1.25. The highest BCUT2D eigenvalue weighted by Gasteiger charge is 2.66. The minimum atomic E-state index is 0.735. The maximum absolute atomic E-state index is 3.88. The normalized spacial score (nSPS) is 39.0. The molecule has 1 aromatic heterocycles. The Balaban J connectivity index is 1.46. The second kappa shape index (κ2) is 5.40. The van der Waals surface area contributed by atoms with Crippen molar-refractivity contribution in [2.75, 3.05) is 6.54 Å². The fourth-order valence-electron chi connectivity index (χ4n) is 5.28. The lowest BCUT2D eigenvalue weighted by molar-refractivity contribution is 0.362. The first-order valence-corrected chi connectivity index (χ1v) is 9.91. The summed E-state index contributed by atoms with van der Waals surface area (Å²) in [5, 5.41) is 6.10. The van der Waals surface area contributed by atoms with E-state index < -0.39 is 0 Å². The van der Waals surface area contributed by atoms with Gasteiger partial charge >= 0.3 is 0 Å². The number of hydrogen-bond acceptors (Lipinski definition) is 2. The number of nitrogens with one attached hydrogen (secondary N) is 1. The van der Waals surface area contributed by atoms with E-state index in [9.17, 15) is 0 Å². The van der Waals surface area contributed by atoms with Crippen molar-refractivity contribution in [3.05, 3.63) is 20.8 Å². The van der Waals surface area contributed by atoms with Gasteiger partial charge in [0, 0.05) is 20.8 Å². The van der Waals surface area contributed by atoms with Gasteiger partial charge in [-0.15, -0.1) is 11.3 Å². The van der Waals surface area contributed by atoms with Gasteiger partial charge in [0.25, 0.3) is 0 Å². The van der Waals surface area contributed by atoms with Crippen molar-refractivity contribution in [3.8, 4) is 0 Å². The molecule has 3 fully saturated rings. The molecule has 5 unspecified atom stereocenters. The third-order valence-electron chi connectivity index (χ3n) is 5.96. The molecule has 1 heterocycles. The van der Waals surface area contributed by atoms with E-state index in [-0.39, 0.29) is 0 Å². The van der Waals surface area contributed by atoms with Crippen molar-refractivity contribution >= 4 is 27.3 Å². The molecule has 4 rings (SSSR count). The molecule has 0 saturated heterocycles. The summed E-state index contributed by atoms with van der Waals surface area (Å²) >= 11 is 5.51. The molecule has 1 N–H and O–H groups in total. The molecule has 0 aromatic carbocycles. The minimum Gasteiger partial charge on any atom is -0.313 e. The highest BCUT2D eigenvalue weighted by atomic mass is 79.9. The van der Waals surface area contributed by atoms with Crippen LogP contribution in [-0.4, -0.2) is 12.6 Å². The summed E-state index contributed by atoms with van der Waals surface area (Å²) in [6.45, 7) is 3.46. The molecule has 3 saturated carbocycles. The van der Waals surface area contributed by atoms with Crippen LogP contribution in [0.1, 0.15) is 37.5 Å². The zero-order valence-corrected chi connectivity index (χ0v) is 14.6. The molecule has 1 nitrogen and oxygen atoms in total. The topological polar surface area (TPSA) is 12.0 Å². The van der Waals surface area contributed by atoms with E-state index in [2.05, 4.69) is 39.6 Å². The first kappa shape index (κ1) is 13.8. The Kier molecular flexibility index (Phi) is 3.72. The average Bonchev–Trinajstić information content (AvgIpc) is 2.80. The van der Waals surface area contributed by atoms with Crippen LogP contribution in [0.25, 0.3) is 0 Å². The Morgan fingerprint density at radius 2 is 2.10 bits per heavy atom. The van der Waals surface area contributed by atoms with Gasteiger partial charge in [-0.2, -0.15) is 0 Å². The molecule has 110 valence electrons. The monoisotopic (exact) mass is 353 g/mol. The Morgan fingerprint density at radius 3 is 2.70 bits per heavy atom. The third kappa shape index (κ3) is 2.30. The van der Waals surface area contributed by atoms with Crippen LogP contribution in [0.2, 0.25) is 0 Å². The van der Waals surface area contributed by atoms with Crippen molar-refractivity contribution in [2.45, 2.75) is 45.1 Å². The molecule has 20 heavy (non-hydrogen) atoms. The van der Waals surface area contributed by atoms with E-state index in [1.807, 2.05) is 11.3 Å². The standard InChI is InChI=1S/C17H24BrNS/c1-2-5-19-14(8-13-7-12(18)9-20-13)17-15-10-3-4-11(6-10)16(15)17/h7,9-11,14-17,19H,2-6,8H2,1H3. The lowest BCUT2D eigenvalue weighted by atomic mass is 9.95. The second-order valence-electron chi connectivity index (χ2n) is 7.06. The molecular formula is C17H24BrNS. The van der Waals surface area contributed by atoms with Crippen LogP contribution in [-0.2, 0) is 6.42 Å². The lowest BCUT2D eigenvalue weighted by Crippen LogP contribution is -2.35. The fourth-order valence-corrected chi connectivity index (χ4v) is 6.79. The SMILES string of the molecule is CCCNC(Cc1cc(Br)cs1)C1C2C3CCC(C3)C21. The molecular weight excluding hydrogens is 330 g/mol. The van der Waals surface area contributed by atoms with Crippen molar-refractivity contribution in [1.82, 2.24) is 5.32 Å². The molecule has 0 amide bonds. The quantitative estimate of drug-likeness (QED) is 0.780. The van der Waals surface area contributed by atoms with Crippen molar-refractivity contribution < 1.29 is 0 Å². The summed E-state index contributed by atoms with van der Waals surface area (Å²) in [6, 6.07) is 3.05. The number of thiophene rings is 1. The van der Waals surface area contributed by atoms with E-state index in [0.717, 1.165) is 35.6 Å². The Bertz CT molecular complexity index is 469. The maximum Gasteiger partial charge on any atom is 0.0285 e. The van der Waals surface area contributed by atoms with Crippen LogP contribution in [0, 0.1) is 29.6 Å². The summed E-state index contributed by atoms with van der Waals surface area (Å²) in [4.78, 5) is 1.54. The van der Waals surface area contributed by atoms with E-state index in [1.165, 1.54) is 36.7 Å². The second-order valence-corrected chi connectivity index (χ2v) is 8.97. The van der Waals surface area contributed by atoms with Crippen LogP contribution in [0.4, 0.5) is 0 Å². The van der Waals surface area contributed by atoms with E-state index in [0.29, 0.717) is 0 Å². The molecule has 3 aliphatic carbocycles. The molecule has 2 bridgehead atoms. The largest absolute Gasteiger partial charge is 0.313 e. The lowest BCUT2D eigenvalue weighted by Gasteiger charge is -2.21. The van der Waals surface area contributed by atoms with Gasteiger partial charge in [-0.3, -0.25) is 0 Å². The van der Waals surface area contributed by atoms with Crippen molar-refractivity contribution in [2.24, 2.45) is 29.6 Å². The van der Waals surface area contributed by atoms with Gasteiger partial charge < -0.3 is 5.32 Å². The van der Waals surface area contributed by atoms with Crippen LogP contribution in [0.15, 0.2) is 15.9 Å². The Morgan fingerprint density at radius 1 is 1.35 bits per heavy atom. The van der Waals surface area contributed by atoms with Gasteiger partial charge in [-0.25, -0.2) is 0 Å². The Labute approximate surface area is 134 Å². The highest BCUT2D eigenvalue weighted by molar-refractivity contribution is 9.10. The van der Waals surface area contributed by atoms with E-state index >= 15 is 0 Å². The van der Waals surface area contributed by atoms with Crippen LogP contribution in [0.5, 0.6) is 0 Å². The molecule has 1 aromatic rings. The zero-order chi connectivity index (χ0) is 13.7. The van der Waals surface area contributed by atoms with Crippen LogP contribution in [0.3, 0.4) is 0 Å². The molecule has 0 radical (unpaired) electrons. The summed E-state index contributed by atoms with van der Waals surface area (Å²) in [5.74, 6) is 5.36. The zero-order valence-electron chi connectivity index (χ0n) is 12.1. The van der Waals surface area contributed by atoms with E-state index in [4.69, 9.17) is 0 Å². The van der Waals surface area contributed by atoms with Gasteiger partial charge in [0.1, 0.15) is 0 Å². The van der Waals surface area contributed by atoms with Crippen LogP contribution >= 0.6 is 27.3 Å². The minimum absolute atomic E-state index is 0.735. The first-order valence-electron chi connectivity index (χ1n) is 8.24. The first-order chi connectivity index (χ1) is 9.78. The third-order valence-corrected chi connectivity index (χ3v) is 7.68. The summed E-state index contributed by atoms with van der Waals surface area (Å²) in [7, 11) is 0. The summed E-state index contributed by atoms with van der Waals surface area (Å²) in [5.41, 5.74) is 0. The number of halogens is 1. The van der Waals surface area contributed by atoms with Gasteiger partial charge in [-0.1, -0.05) is 6.92 Å². The highest BCUT2D eigenvalue weighted by Crippen LogP contribution is 2.70. The van der Waals surface area contributed by atoms with Gasteiger partial charge in [0.15, 0.2) is 0 Å². The van der Waals surface area contributed by atoms with Crippen LogP contribution < -0.4 is 5.32 Å². The molecule has 3 heteroatoms. The smallest absolute Gasteiger partial charge is 0.0285 e. The average molecular weight is 354 g/mol. The molecule has 3 aliphatic rings. The van der Waals surface area contributed by atoms with Gasteiger partial charge in [0.05, 0.1) is 0 Å². The fraction of sp³-hybridized carbons (Fsp3) is 0.765. The van der Waals surface area contributed by atoms with Gasteiger partial charge in [0.2, 0.25) is 0 Å². The van der Waals surface area contributed by atoms with E-state index in [1.54, 1.807) is 11.3 Å². The number of fused-ring (bicyclic) bond motifs is 5. The number of hydrogen-bond donors (Lipinski definition) is 1. The predicted molar refractivity (Wildman–Crippen MR) is 89.1 cm³/mol. The van der Waals surface area contributed by atoms with Gasteiger partial charge in [-0.05, 0) is 90.2 Å². The molecule has 0 aliphatic heterocycles. The molecule has 5 atom stereocenters. The molecule has 0 spiro atoms. The van der Waals surface area contributed by atoms with Crippen molar-refractivity contribution in [3.63, 3.8) is 0 Å². The van der Waals surface area contributed by atoms with Crippen molar-refractivity contribution in [1.29, 1.82) is 0 Å². The Hall–Kier alpha value is 0.140.